The van der Waals surface area contributed by atoms with Gasteiger partial charge in [-0.1, -0.05) is 44.2 Å². The van der Waals surface area contributed by atoms with E-state index in [1.54, 1.807) is 24.3 Å². The lowest BCUT2D eigenvalue weighted by molar-refractivity contribution is -0.154. The van der Waals surface area contributed by atoms with Gasteiger partial charge < -0.3 is 14.2 Å². The molecule has 0 saturated carbocycles. The highest BCUT2D eigenvalue weighted by Crippen LogP contribution is 2.29. The van der Waals surface area contributed by atoms with Crippen molar-refractivity contribution in [2.24, 2.45) is 5.92 Å². The van der Waals surface area contributed by atoms with Crippen LogP contribution in [0.1, 0.15) is 73.5 Å². The second kappa shape index (κ2) is 11.6. The van der Waals surface area contributed by atoms with E-state index >= 15 is 0 Å². The highest BCUT2D eigenvalue weighted by molar-refractivity contribution is 6.12. The second-order valence-corrected chi connectivity index (χ2v) is 8.41. The highest BCUT2D eigenvalue weighted by Gasteiger charge is 2.23. The molecule has 0 amide bonds. The minimum Gasteiger partial charge on any atom is -0.488 e. The van der Waals surface area contributed by atoms with E-state index in [0.717, 1.165) is 18.4 Å². The monoisotopic (exact) mass is 452 g/mol. The number of ketones is 1. The Balaban J connectivity index is 1.48. The number of rotatable bonds is 10. The molecule has 0 radical (unpaired) electrons. The van der Waals surface area contributed by atoms with Crippen molar-refractivity contribution in [3.8, 4) is 5.75 Å². The summed E-state index contributed by atoms with van der Waals surface area (Å²) in [6.45, 7) is 6.40. The molecule has 0 unspecified atom stereocenters. The number of carbonyl (C=O) groups excluding carboxylic acids is 3. The third kappa shape index (κ3) is 6.44. The lowest BCUT2D eigenvalue weighted by Gasteiger charge is -2.17. The van der Waals surface area contributed by atoms with E-state index < -0.39 is 0 Å². The molecule has 3 rings (SSSR count). The van der Waals surface area contributed by atoms with Crippen molar-refractivity contribution in [2.75, 3.05) is 6.61 Å². The number of fused-ring (bicyclic) bond motifs is 2. The van der Waals surface area contributed by atoms with E-state index in [4.69, 9.17) is 14.2 Å². The Kier molecular flexibility index (Phi) is 8.64. The van der Waals surface area contributed by atoms with Gasteiger partial charge in [0.2, 0.25) is 0 Å². The third-order valence-corrected chi connectivity index (χ3v) is 5.94. The Morgan fingerprint density at radius 1 is 1.06 bits per heavy atom. The van der Waals surface area contributed by atoms with Crippen LogP contribution >= 0.6 is 0 Å². The Hall–Kier alpha value is -3.15. The van der Waals surface area contributed by atoms with E-state index in [0.29, 0.717) is 41.9 Å². The molecule has 0 aromatic heterocycles. The van der Waals surface area contributed by atoms with Crippen molar-refractivity contribution in [2.45, 2.75) is 65.6 Å². The van der Waals surface area contributed by atoms with Crippen LogP contribution < -0.4 is 4.74 Å². The molecule has 0 fully saturated rings. The maximum Gasteiger partial charge on any atom is 0.310 e. The van der Waals surface area contributed by atoms with Crippen LogP contribution in [0.15, 0.2) is 42.5 Å². The number of ether oxygens (including phenoxy) is 3. The molecule has 33 heavy (non-hydrogen) atoms. The first-order chi connectivity index (χ1) is 15.9. The summed E-state index contributed by atoms with van der Waals surface area (Å²) in [5.74, 6) is -0.166. The molecule has 0 saturated heterocycles. The van der Waals surface area contributed by atoms with Crippen LogP contribution in [-0.4, -0.2) is 30.4 Å². The average molecular weight is 453 g/mol. The molecule has 1 aliphatic heterocycles. The summed E-state index contributed by atoms with van der Waals surface area (Å²) >= 11 is 0. The Morgan fingerprint density at radius 2 is 1.82 bits per heavy atom. The van der Waals surface area contributed by atoms with Crippen molar-refractivity contribution in [1.82, 2.24) is 0 Å². The van der Waals surface area contributed by atoms with Crippen molar-refractivity contribution in [3.05, 3.63) is 64.7 Å². The number of carbonyl (C=O) groups is 3. The number of hydrogen-bond donors (Lipinski definition) is 0. The van der Waals surface area contributed by atoms with Gasteiger partial charge in [-0.2, -0.15) is 0 Å². The minimum atomic E-state index is -0.362. The van der Waals surface area contributed by atoms with E-state index in [1.165, 1.54) is 0 Å². The predicted molar refractivity (Wildman–Crippen MR) is 124 cm³/mol. The SMILES string of the molecule is CCC(CC)C(=O)O[C@@H](C)CCCOC(=O)Cc1ccc2c(c1)C(=O)c1ccccc1CO2. The zero-order valence-corrected chi connectivity index (χ0v) is 19.6. The largest absolute Gasteiger partial charge is 0.488 e. The zero-order chi connectivity index (χ0) is 23.8. The van der Waals surface area contributed by atoms with Crippen LogP contribution in [0.2, 0.25) is 0 Å². The van der Waals surface area contributed by atoms with Gasteiger partial charge in [-0.3, -0.25) is 14.4 Å². The molecule has 0 spiro atoms. The fraction of sp³-hybridized carbons (Fsp3) is 0.444. The summed E-state index contributed by atoms with van der Waals surface area (Å²) in [7, 11) is 0. The van der Waals surface area contributed by atoms with Crippen molar-refractivity contribution in [1.29, 1.82) is 0 Å². The molecule has 0 aliphatic carbocycles. The number of esters is 2. The van der Waals surface area contributed by atoms with Crippen LogP contribution in [0.4, 0.5) is 0 Å². The molecule has 2 aromatic carbocycles. The maximum atomic E-state index is 13.0. The molecule has 1 atom stereocenters. The summed E-state index contributed by atoms with van der Waals surface area (Å²) in [4.78, 5) is 37.3. The van der Waals surface area contributed by atoms with Gasteiger partial charge in [-0.15, -0.1) is 0 Å². The van der Waals surface area contributed by atoms with Crippen LogP contribution in [0.25, 0.3) is 0 Å². The van der Waals surface area contributed by atoms with E-state index in [2.05, 4.69) is 0 Å². The molecule has 0 bridgehead atoms. The highest BCUT2D eigenvalue weighted by atomic mass is 16.5. The van der Waals surface area contributed by atoms with E-state index in [1.807, 2.05) is 39.0 Å². The molecular weight excluding hydrogens is 420 g/mol. The van der Waals surface area contributed by atoms with Crippen LogP contribution in [-0.2, 0) is 32.1 Å². The van der Waals surface area contributed by atoms with Gasteiger partial charge in [0, 0.05) is 11.1 Å². The predicted octanol–water partition coefficient (Wildman–Crippen LogP) is 5.04. The van der Waals surface area contributed by atoms with Crippen LogP contribution in [0, 0.1) is 5.92 Å². The van der Waals surface area contributed by atoms with E-state index in [9.17, 15) is 14.4 Å². The Morgan fingerprint density at radius 3 is 2.58 bits per heavy atom. The topological polar surface area (TPSA) is 78.9 Å². The van der Waals surface area contributed by atoms with Gasteiger partial charge in [0.15, 0.2) is 5.78 Å². The minimum absolute atomic E-state index is 0.0584. The summed E-state index contributed by atoms with van der Waals surface area (Å²) in [5, 5.41) is 0. The summed E-state index contributed by atoms with van der Waals surface area (Å²) in [5.41, 5.74) is 2.62. The van der Waals surface area contributed by atoms with Crippen LogP contribution in [0.3, 0.4) is 0 Å². The Labute approximate surface area is 195 Å². The lowest BCUT2D eigenvalue weighted by Crippen LogP contribution is -2.22. The lowest BCUT2D eigenvalue weighted by atomic mass is 9.97. The van der Waals surface area contributed by atoms with Gasteiger partial charge in [0.05, 0.1) is 30.6 Å². The molecule has 0 N–H and O–H groups in total. The van der Waals surface area contributed by atoms with Gasteiger partial charge in [-0.25, -0.2) is 0 Å². The van der Waals surface area contributed by atoms with Crippen LogP contribution in [0.5, 0.6) is 5.75 Å². The van der Waals surface area contributed by atoms with Crippen molar-refractivity contribution >= 4 is 17.7 Å². The first-order valence-electron chi connectivity index (χ1n) is 11.7. The summed E-state index contributed by atoms with van der Waals surface area (Å²) < 4.78 is 16.6. The Bertz CT molecular complexity index is 992. The van der Waals surface area contributed by atoms with Gasteiger partial charge in [0.1, 0.15) is 12.4 Å². The quantitative estimate of drug-likeness (QED) is 0.371. The number of hydrogen-bond acceptors (Lipinski definition) is 6. The van der Waals surface area contributed by atoms with Crippen molar-refractivity contribution < 1.29 is 28.6 Å². The second-order valence-electron chi connectivity index (χ2n) is 8.41. The smallest absolute Gasteiger partial charge is 0.310 e. The number of benzene rings is 2. The molecule has 6 heteroatoms. The van der Waals surface area contributed by atoms with Gasteiger partial charge >= 0.3 is 11.9 Å². The standard InChI is InChI=1S/C27H32O6/c1-4-20(5-2)27(30)33-18(3)9-8-14-31-25(28)16-19-12-13-24-23(15-19)26(29)22-11-7-6-10-21(22)17-32-24/h6-7,10-13,15,18,20H,4-5,8-9,14,16-17H2,1-3H3/t18-/m0/s1. The average Bonchev–Trinajstić information content (AvgIpc) is 2.94. The maximum absolute atomic E-state index is 13.0. The van der Waals surface area contributed by atoms with Gasteiger partial charge in [0.25, 0.3) is 0 Å². The van der Waals surface area contributed by atoms with E-state index in [-0.39, 0.29) is 42.8 Å². The van der Waals surface area contributed by atoms with Crippen molar-refractivity contribution in [3.63, 3.8) is 0 Å². The zero-order valence-electron chi connectivity index (χ0n) is 19.6. The molecule has 6 nitrogen and oxygen atoms in total. The third-order valence-electron chi connectivity index (χ3n) is 5.94. The first-order valence-corrected chi connectivity index (χ1v) is 11.7. The molecule has 1 aliphatic rings. The fourth-order valence-electron chi connectivity index (χ4n) is 3.91. The first kappa shape index (κ1) is 24.5. The molecule has 176 valence electrons. The molecular formula is C27H32O6. The summed E-state index contributed by atoms with van der Waals surface area (Å²) in [6, 6.07) is 12.6. The normalized spacial score (nSPS) is 13.4. The fourth-order valence-corrected chi connectivity index (χ4v) is 3.91. The summed E-state index contributed by atoms with van der Waals surface area (Å²) in [6.07, 6.45) is 2.63. The van der Waals surface area contributed by atoms with Gasteiger partial charge in [-0.05, 0) is 50.3 Å². The molecule has 2 aromatic rings. The molecule has 1 heterocycles.